The topological polar surface area (TPSA) is 0 Å². The zero-order chi connectivity index (χ0) is 10.7. The lowest BCUT2D eigenvalue weighted by molar-refractivity contribution is 0.500. The molecular weight excluding hydrogens is 172 g/mol. The average molecular weight is 200 g/mol. The molecule has 0 saturated carbocycles. The molecule has 0 aliphatic carbocycles. The fourth-order valence-corrected chi connectivity index (χ4v) is 5.40. The standard InChI is InChI=1S/C12H28Si/c1-8-10-12(5,9-2)13(6,7)11(3)4/h11H,8-10H2,1-7H3. The van der Waals surface area contributed by atoms with E-state index in [9.17, 15) is 0 Å². The van der Waals surface area contributed by atoms with Crippen LogP contribution in [0, 0.1) is 0 Å². The van der Waals surface area contributed by atoms with Crippen LogP contribution in [-0.4, -0.2) is 8.07 Å². The van der Waals surface area contributed by atoms with E-state index < -0.39 is 8.07 Å². The Hall–Kier alpha value is 0.217. The zero-order valence-corrected chi connectivity index (χ0v) is 11.7. The van der Waals surface area contributed by atoms with Gasteiger partial charge >= 0.3 is 0 Å². The molecule has 1 atom stereocenters. The van der Waals surface area contributed by atoms with Crippen molar-refractivity contribution in [3.63, 3.8) is 0 Å². The van der Waals surface area contributed by atoms with Gasteiger partial charge in [0, 0.05) is 0 Å². The predicted octanol–water partition coefficient (Wildman–Crippen LogP) is 5.08. The summed E-state index contributed by atoms with van der Waals surface area (Å²) in [7, 11) is -1.06. The summed E-state index contributed by atoms with van der Waals surface area (Å²) in [5, 5.41) is 0.649. The van der Waals surface area contributed by atoms with Crippen molar-refractivity contribution in [2.75, 3.05) is 0 Å². The molecule has 0 aliphatic rings. The minimum atomic E-state index is -1.06. The van der Waals surface area contributed by atoms with Crippen LogP contribution in [0.5, 0.6) is 0 Å². The van der Waals surface area contributed by atoms with Gasteiger partial charge < -0.3 is 0 Å². The highest BCUT2D eigenvalue weighted by molar-refractivity contribution is 6.81. The second-order valence-electron chi connectivity index (χ2n) is 5.54. The van der Waals surface area contributed by atoms with Gasteiger partial charge in [-0.2, -0.15) is 0 Å². The Morgan fingerprint density at radius 1 is 1.15 bits per heavy atom. The van der Waals surface area contributed by atoms with E-state index in [-0.39, 0.29) is 0 Å². The second-order valence-corrected chi connectivity index (χ2v) is 11.3. The van der Waals surface area contributed by atoms with E-state index >= 15 is 0 Å². The highest BCUT2D eigenvalue weighted by Gasteiger charge is 2.42. The minimum absolute atomic E-state index is 0.649. The molecule has 0 spiro atoms. The molecule has 0 aromatic carbocycles. The van der Waals surface area contributed by atoms with Crippen LogP contribution < -0.4 is 0 Å². The number of hydrogen-bond donors (Lipinski definition) is 0. The third-order valence-corrected chi connectivity index (χ3v) is 11.2. The van der Waals surface area contributed by atoms with Crippen LogP contribution >= 0.6 is 0 Å². The molecule has 0 radical (unpaired) electrons. The molecular formula is C12H28Si. The lowest BCUT2D eigenvalue weighted by Gasteiger charge is -2.45. The largest absolute Gasteiger partial charge is 0.0688 e. The number of rotatable bonds is 5. The van der Waals surface area contributed by atoms with E-state index in [1.54, 1.807) is 0 Å². The Kier molecular flexibility index (Phi) is 4.71. The van der Waals surface area contributed by atoms with Crippen molar-refractivity contribution in [2.24, 2.45) is 0 Å². The Bertz CT molecular complexity index is 149. The zero-order valence-electron chi connectivity index (χ0n) is 10.7. The van der Waals surface area contributed by atoms with Crippen molar-refractivity contribution in [1.29, 1.82) is 0 Å². The number of hydrogen-bond acceptors (Lipinski definition) is 0. The molecule has 0 saturated heterocycles. The van der Waals surface area contributed by atoms with Gasteiger partial charge in [0.05, 0.1) is 8.07 Å². The van der Waals surface area contributed by atoms with Crippen LogP contribution in [-0.2, 0) is 0 Å². The van der Waals surface area contributed by atoms with Gasteiger partial charge in [0.25, 0.3) is 0 Å². The first-order valence-electron chi connectivity index (χ1n) is 5.81. The summed E-state index contributed by atoms with van der Waals surface area (Å²) < 4.78 is 0. The van der Waals surface area contributed by atoms with E-state index in [1.807, 2.05) is 0 Å². The lowest BCUT2D eigenvalue weighted by Crippen LogP contribution is -2.43. The fourth-order valence-electron chi connectivity index (χ4n) is 2.20. The molecule has 0 aromatic heterocycles. The van der Waals surface area contributed by atoms with Crippen LogP contribution in [0.2, 0.25) is 23.7 Å². The monoisotopic (exact) mass is 200 g/mol. The first-order chi connectivity index (χ1) is 5.81. The SMILES string of the molecule is CCCC(C)(CC)[Si](C)(C)C(C)C. The summed E-state index contributed by atoms with van der Waals surface area (Å²) in [5.74, 6) is 0. The van der Waals surface area contributed by atoms with Gasteiger partial charge in [-0.3, -0.25) is 0 Å². The molecule has 0 N–H and O–H groups in total. The van der Waals surface area contributed by atoms with Crippen molar-refractivity contribution >= 4 is 8.07 Å². The van der Waals surface area contributed by atoms with Crippen molar-refractivity contribution < 1.29 is 0 Å². The van der Waals surface area contributed by atoms with Gasteiger partial charge in [-0.05, 0) is 5.04 Å². The summed E-state index contributed by atoms with van der Waals surface area (Å²) in [6.07, 6.45) is 4.12. The van der Waals surface area contributed by atoms with Crippen LogP contribution in [0.4, 0.5) is 0 Å². The fraction of sp³-hybridized carbons (Fsp3) is 1.00. The molecule has 0 rings (SSSR count). The van der Waals surface area contributed by atoms with Gasteiger partial charge in [0.15, 0.2) is 0 Å². The summed E-state index contributed by atoms with van der Waals surface area (Å²) in [6.45, 7) is 17.2. The molecule has 0 heterocycles. The summed E-state index contributed by atoms with van der Waals surface area (Å²) in [5.41, 5.74) is 0.906. The van der Waals surface area contributed by atoms with Crippen molar-refractivity contribution in [3.05, 3.63) is 0 Å². The molecule has 13 heavy (non-hydrogen) atoms. The van der Waals surface area contributed by atoms with Crippen molar-refractivity contribution in [2.45, 2.75) is 77.6 Å². The van der Waals surface area contributed by atoms with Crippen LogP contribution in [0.3, 0.4) is 0 Å². The van der Waals surface area contributed by atoms with Gasteiger partial charge in [0.1, 0.15) is 0 Å². The minimum Gasteiger partial charge on any atom is -0.0688 e. The maximum atomic E-state index is 2.57. The molecule has 0 aromatic rings. The first kappa shape index (κ1) is 13.2. The third-order valence-electron chi connectivity index (χ3n) is 4.58. The summed E-state index contributed by atoms with van der Waals surface area (Å²) in [6, 6.07) is 0. The Balaban J connectivity index is 4.72. The molecule has 0 amide bonds. The quantitative estimate of drug-likeness (QED) is 0.543. The highest BCUT2D eigenvalue weighted by Crippen LogP contribution is 2.50. The highest BCUT2D eigenvalue weighted by atomic mass is 28.3. The van der Waals surface area contributed by atoms with Gasteiger partial charge in [-0.25, -0.2) is 0 Å². The summed E-state index contributed by atoms with van der Waals surface area (Å²) >= 11 is 0. The molecule has 0 bridgehead atoms. The molecule has 80 valence electrons. The van der Waals surface area contributed by atoms with Gasteiger partial charge in [-0.1, -0.05) is 72.5 Å². The molecule has 0 fully saturated rings. The van der Waals surface area contributed by atoms with Gasteiger partial charge in [-0.15, -0.1) is 0 Å². The lowest BCUT2D eigenvalue weighted by atomic mass is 10.0. The van der Waals surface area contributed by atoms with E-state index in [1.165, 1.54) is 19.3 Å². The van der Waals surface area contributed by atoms with Gasteiger partial charge in [0.2, 0.25) is 0 Å². The average Bonchev–Trinajstić information content (AvgIpc) is 2.04. The van der Waals surface area contributed by atoms with Crippen LogP contribution in [0.1, 0.15) is 53.9 Å². The van der Waals surface area contributed by atoms with Crippen molar-refractivity contribution in [1.82, 2.24) is 0 Å². The second kappa shape index (κ2) is 4.63. The van der Waals surface area contributed by atoms with Crippen LogP contribution in [0.15, 0.2) is 0 Å². The Morgan fingerprint density at radius 2 is 1.62 bits per heavy atom. The summed E-state index contributed by atoms with van der Waals surface area (Å²) in [4.78, 5) is 0. The Labute approximate surface area is 86.1 Å². The maximum absolute atomic E-state index is 2.57. The van der Waals surface area contributed by atoms with E-state index in [0.29, 0.717) is 5.04 Å². The van der Waals surface area contributed by atoms with Crippen LogP contribution in [0.25, 0.3) is 0 Å². The Morgan fingerprint density at radius 3 is 1.85 bits per heavy atom. The smallest absolute Gasteiger partial charge is 0.0558 e. The third kappa shape index (κ3) is 2.58. The van der Waals surface area contributed by atoms with E-state index in [4.69, 9.17) is 0 Å². The molecule has 0 nitrogen and oxygen atoms in total. The van der Waals surface area contributed by atoms with Crippen molar-refractivity contribution in [3.8, 4) is 0 Å². The molecule has 1 heteroatoms. The van der Waals surface area contributed by atoms with E-state index in [2.05, 4.69) is 47.7 Å². The molecule has 1 unspecified atom stereocenters. The first-order valence-corrected chi connectivity index (χ1v) is 8.89. The maximum Gasteiger partial charge on any atom is 0.0558 e. The van der Waals surface area contributed by atoms with E-state index in [0.717, 1.165) is 5.54 Å². The predicted molar refractivity (Wildman–Crippen MR) is 66.1 cm³/mol. The molecule has 0 aliphatic heterocycles. The normalized spacial score (nSPS) is 17.5.